The number of fused-ring (bicyclic) bond motifs is 1. The zero-order valence-electron chi connectivity index (χ0n) is 11.2. The molecule has 0 unspecified atom stereocenters. The Balaban J connectivity index is 1.98. The molecule has 0 spiro atoms. The summed E-state index contributed by atoms with van der Waals surface area (Å²) in [4.78, 5) is 15.1. The standard InChI is InChI=1S/C15H17N3O2/c19-18(20)14-8-4-7-13-12(14)9-10-16-15(13)17-11-5-2-1-3-6-11/h4,7-11H,1-3,5-6H2,(H,16,17). The van der Waals surface area contributed by atoms with E-state index in [1.165, 1.54) is 25.3 Å². The van der Waals surface area contributed by atoms with Gasteiger partial charge >= 0.3 is 0 Å². The molecule has 5 heteroatoms. The van der Waals surface area contributed by atoms with Gasteiger partial charge in [0.1, 0.15) is 5.82 Å². The van der Waals surface area contributed by atoms with Gasteiger partial charge in [-0.05, 0) is 18.9 Å². The number of anilines is 1. The lowest BCUT2D eigenvalue weighted by Crippen LogP contribution is -2.22. The molecule has 1 aromatic carbocycles. The van der Waals surface area contributed by atoms with E-state index in [9.17, 15) is 10.1 Å². The van der Waals surface area contributed by atoms with Crippen LogP contribution in [-0.4, -0.2) is 15.9 Å². The van der Waals surface area contributed by atoms with Crippen LogP contribution in [0.5, 0.6) is 0 Å². The minimum absolute atomic E-state index is 0.136. The minimum Gasteiger partial charge on any atom is -0.367 e. The molecule has 0 saturated heterocycles. The number of pyridine rings is 1. The van der Waals surface area contributed by atoms with Gasteiger partial charge in [0, 0.05) is 23.7 Å². The molecule has 1 aromatic heterocycles. The van der Waals surface area contributed by atoms with E-state index in [0.717, 1.165) is 24.0 Å². The average Bonchev–Trinajstić information content (AvgIpc) is 2.48. The summed E-state index contributed by atoms with van der Waals surface area (Å²) in [5, 5.41) is 16.0. The summed E-state index contributed by atoms with van der Waals surface area (Å²) in [6, 6.07) is 7.28. The highest BCUT2D eigenvalue weighted by molar-refractivity contribution is 5.97. The number of non-ortho nitro benzene ring substituents is 1. The Labute approximate surface area is 117 Å². The first kappa shape index (κ1) is 12.8. The first-order valence-corrected chi connectivity index (χ1v) is 7.04. The molecule has 2 aromatic rings. The number of nitro groups is 1. The van der Waals surface area contributed by atoms with Crippen LogP contribution in [-0.2, 0) is 0 Å². The fraction of sp³-hybridized carbons (Fsp3) is 0.400. The Morgan fingerprint density at radius 2 is 1.95 bits per heavy atom. The van der Waals surface area contributed by atoms with Crippen molar-refractivity contribution in [3.8, 4) is 0 Å². The molecule has 1 N–H and O–H groups in total. The van der Waals surface area contributed by atoms with E-state index in [2.05, 4.69) is 10.3 Å². The summed E-state index contributed by atoms with van der Waals surface area (Å²) in [7, 11) is 0. The monoisotopic (exact) mass is 271 g/mol. The molecule has 1 saturated carbocycles. The lowest BCUT2D eigenvalue weighted by molar-refractivity contribution is -0.383. The zero-order chi connectivity index (χ0) is 13.9. The molecule has 0 radical (unpaired) electrons. The molecule has 1 fully saturated rings. The summed E-state index contributed by atoms with van der Waals surface area (Å²) < 4.78 is 0. The summed E-state index contributed by atoms with van der Waals surface area (Å²) in [5.41, 5.74) is 0.136. The van der Waals surface area contributed by atoms with Crippen LogP contribution < -0.4 is 5.32 Å². The Kier molecular flexibility index (Phi) is 3.50. The van der Waals surface area contributed by atoms with E-state index < -0.39 is 0 Å². The normalized spacial score (nSPS) is 16.2. The Hall–Kier alpha value is -2.17. The SMILES string of the molecule is O=[N+]([O-])c1cccc2c(NC3CCCCC3)nccc12. The van der Waals surface area contributed by atoms with Crippen molar-refractivity contribution in [2.45, 2.75) is 38.1 Å². The lowest BCUT2D eigenvalue weighted by Gasteiger charge is -2.23. The maximum Gasteiger partial charge on any atom is 0.277 e. The maximum atomic E-state index is 11.1. The van der Waals surface area contributed by atoms with E-state index in [0.29, 0.717) is 11.4 Å². The highest BCUT2D eigenvalue weighted by atomic mass is 16.6. The highest BCUT2D eigenvalue weighted by Gasteiger charge is 2.17. The molecule has 5 nitrogen and oxygen atoms in total. The van der Waals surface area contributed by atoms with E-state index in [1.807, 2.05) is 6.07 Å². The average molecular weight is 271 g/mol. The van der Waals surface area contributed by atoms with Gasteiger partial charge in [-0.1, -0.05) is 31.4 Å². The first-order valence-electron chi connectivity index (χ1n) is 7.04. The van der Waals surface area contributed by atoms with Crippen molar-refractivity contribution < 1.29 is 4.92 Å². The van der Waals surface area contributed by atoms with E-state index in [4.69, 9.17) is 0 Å². The molecule has 1 aliphatic carbocycles. The van der Waals surface area contributed by atoms with Crippen LogP contribution in [0.25, 0.3) is 10.8 Å². The van der Waals surface area contributed by atoms with Gasteiger partial charge in [-0.15, -0.1) is 0 Å². The number of nitrogens with zero attached hydrogens (tertiary/aromatic N) is 2. The van der Waals surface area contributed by atoms with Gasteiger partial charge in [0.15, 0.2) is 0 Å². The van der Waals surface area contributed by atoms with Crippen molar-refractivity contribution in [1.29, 1.82) is 0 Å². The third kappa shape index (κ3) is 2.43. The van der Waals surface area contributed by atoms with Gasteiger partial charge in [0.05, 0.1) is 10.3 Å². The predicted octanol–water partition coefficient (Wildman–Crippen LogP) is 3.89. The van der Waals surface area contributed by atoms with Crippen LogP contribution in [0.15, 0.2) is 30.5 Å². The third-order valence-electron chi connectivity index (χ3n) is 3.93. The fourth-order valence-corrected chi connectivity index (χ4v) is 2.91. The summed E-state index contributed by atoms with van der Waals surface area (Å²) >= 11 is 0. The second kappa shape index (κ2) is 5.45. The molecule has 1 heterocycles. The van der Waals surface area contributed by atoms with Crippen LogP contribution in [0, 0.1) is 10.1 Å². The van der Waals surface area contributed by atoms with Crippen LogP contribution in [0.3, 0.4) is 0 Å². The second-order valence-electron chi connectivity index (χ2n) is 5.27. The van der Waals surface area contributed by atoms with Crippen LogP contribution in [0.1, 0.15) is 32.1 Å². The third-order valence-corrected chi connectivity index (χ3v) is 3.93. The Morgan fingerprint density at radius 1 is 1.15 bits per heavy atom. The molecule has 0 atom stereocenters. The molecule has 3 rings (SSSR count). The summed E-state index contributed by atoms with van der Waals surface area (Å²) in [6.07, 6.45) is 7.71. The smallest absolute Gasteiger partial charge is 0.277 e. The van der Waals surface area contributed by atoms with Gasteiger partial charge in [-0.3, -0.25) is 10.1 Å². The van der Waals surface area contributed by atoms with Crippen molar-refractivity contribution in [3.05, 3.63) is 40.6 Å². The minimum atomic E-state index is -0.341. The van der Waals surface area contributed by atoms with Gasteiger partial charge < -0.3 is 5.32 Å². The van der Waals surface area contributed by atoms with Gasteiger partial charge in [-0.25, -0.2) is 4.98 Å². The second-order valence-corrected chi connectivity index (χ2v) is 5.27. The highest BCUT2D eigenvalue weighted by Crippen LogP contribution is 2.30. The van der Waals surface area contributed by atoms with E-state index >= 15 is 0 Å². The van der Waals surface area contributed by atoms with Crippen molar-refractivity contribution in [3.63, 3.8) is 0 Å². The molecule has 1 aliphatic rings. The number of benzene rings is 1. The number of rotatable bonds is 3. The van der Waals surface area contributed by atoms with E-state index in [-0.39, 0.29) is 10.6 Å². The molecular weight excluding hydrogens is 254 g/mol. The molecule has 0 aliphatic heterocycles. The maximum absolute atomic E-state index is 11.1. The van der Waals surface area contributed by atoms with Gasteiger partial charge in [0.2, 0.25) is 0 Å². The van der Waals surface area contributed by atoms with Crippen molar-refractivity contribution in [1.82, 2.24) is 4.98 Å². The molecular formula is C15H17N3O2. The molecule has 0 amide bonds. The fourth-order valence-electron chi connectivity index (χ4n) is 2.91. The first-order chi connectivity index (χ1) is 9.75. The van der Waals surface area contributed by atoms with Crippen molar-refractivity contribution >= 4 is 22.3 Å². The lowest BCUT2D eigenvalue weighted by atomic mass is 9.95. The van der Waals surface area contributed by atoms with Crippen molar-refractivity contribution in [2.24, 2.45) is 0 Å². The Morgan fingerprint density at radius 3 is 2.70 bits per heavy atom. The quantitative estimate of drug-likeness (QED) is 0.679. The number of nitro benzene ring substituents is 1. The number of hydrogen-bond donors (Lipinski definition) is 1. The molecule has 0 bridgehead atoms. The molecule has 20 heavy (non-hydrogen) atoms. The van der Waals surface area contributed by atoms with Crippen LogP contribution >= 0.6 is 0 Å². The van der Waals surface area contributed by atoms with Gasteiger partial charge in [-0.2, -0.15) is 0 Å². The zero-order valence-corrected chi connectivity index (χ0v) is 11.2. The predicted molar refractivity (Wildman–Crippen MR) is 78.9 cm³/mol. The summed E-state index contributed by atoms with van der Waals surface area (Å²) in [5.74, 6) is 0.762. The van der Waals surface area contributed by atoms with Crippen LogP contribution in [0.4, 0.5) is 11.5 Å². The number of aromatic nitrogens is 1. The molecule has 104 valence electrons. The van der Waals surface area contributed by atoms with E-state index in [1.54, 1.807) is 18.3 Å². The van der Waals surface area contributed by atoms with Gasteiger partial charge in [0.25, 0.3) is 5.69 Å². The van der Waals surface area contributed by atoms with Crippen molar-refractivity contribution in [2.75, 3.05) is 5.32 Å². The summed E-state index contributed by atoms with van der Waals surface area (Å²) in [6.45, 7) is 0. The van der Waals surface area contributed by atoms with Crippen LogP contribution in [0.2, 0.25) is 0 Å². The topological polar surface area (TPSA) is 68.1 Å². The Bertz CT molecular complexity index is 636. The number of hydrogen-bond acceptors (Lipinski definition) is 4. The largest absolute Gasteiger partial charge is 0.367 e. The number of nitrogens with one attached hydrogen (secondary N) is 1.